The third-order valence-electron chi connectivity index (χ3n) is 12.0. The highest BCUT2D eigenvalue weighted by Gasteiger charge is 2.25. The molecule has 7 heteroatoms. The molecule has 1 N–H and O–H groups in total. The molecule has 0 radical (unpaired) electrons. The van der Waals surface area contributed by atoms with Crippen molar-refractivity contribution < 1.29 is 14.3 Å². The smallest absolute Gasteiger partial charge is 0.320 e. The summed E-state index contributed by atoms with van der Waals surface area (Å²) < 4.78 is 5.90. The Hall–Kier alpha value is -1.18. The van der Waals surface area contributed by atoms with Gasteiger partial charge in [0, 0.05) is 26.2 Å². The van der Waals surface area contributed by atoms with Gasteiger partial charge < -0.3 is 15.0 Å². The van der Waals surface area contributed by atoms with Crippen molar-refractivity contribution in [1.29, 1.82) is 0 Å². The molecule has 0 atom stereocenters. The monoisotopic (exact) mass is 777 g/mol. The number of piperidine rings is 1. The number of unbranched alkanes of at least 4 members (excludes halogenated alkanes) is 24. The van der Waals surface area contributed by atoms with E-state index >= 15 is 0 Å². The molecular formula is C48H96N4O3. The van der Waals surface area contributed by atoms with E-state index in [1.165, 1.54) is 180 Å². The van der Waals surface area contributed by atoms with Crippen molar-refractivity contribution in [1.82, 2.24) is 20.0 Å². The second kappa shape index (κ2) is 39.6. The number of esters is 1. The van der Waals surface area contributed by atoms with Crippen LogP contribution >= 0.6 is 0 Å². The number of carbonyl (C=O) groups is 2. The summed E-state index contributed by atoms with van der Waals surface area (Å²) in [5.74, 6) is 0.565. The predicted octanol–water partition coefficient (Wildman–Crippen LogP) is 12.0. The molecule has 1 rings (SSSR count). The zero-order valence-electron chi connectivity index (χ0n) is 37.6. The van der Waals surface area contributed by atoms with E-state index in [9.17, 15) is 9.59 Å². The second-order valence-corrected chi connectivity index (χ2v) is 17.3. The van der Waals surface area contributed by atoms with E-state index < -0.39 is 0 Å². The molecule has 1 fully saturated rings. The van der Waals surface area contributed by atoms with Gasteiger partial charge in [0.05, 0.1) is 19.7 Å². The molecule has 0 aromatic heterocycles. The van der Waals surface area contributed by atoms with Crippen molar-refractivity contribution >= 4 is 11.9 Å². The first-order valence-electron chi connectivity index (χ1n) is 24.6. The van der Waals surface area contributed by atoms with E-state index in [4.69, 9.17) is 4.74 Å². The summed E-state index contributed by atoms with van der Waals surface area (Å²) in [6.07, 6.45) is 38.5. The van der Waals surface area contributed by atoms with Crippen molar-refractivity contribution in [3.63, 3.8) is 0 Å². The Kier molecular flexibility index (Phi) is 37.4. The third-order valence-corrected chi connectivity index (χ3v) is 12.0. The Morgan fingerprint density at radius 1 is 0.491 bits per heavy atom. The average Bonchev–Trinajstić information content (AvgIpc) is 3.19. The van der Waals surface area contributed by atoms with Crippen LogP contribution in [-0.4, -0.2) is 98.6 Å². The fourth-order valence-corrected chi connectivity index (χ4v) is 8.07. The number of nitrogens with zero attached hydrogens (tertiary/aromatic N) is 3. The molecule has 0 saturated carbocycles. The van der Waals surface area contributed by atoms with Gasteiger partial charge in [0.1, 0.15) is 0 Å². The summed E-state index contributed by atoms with van der Waals surface area (Å²) >= 11 is 0. The number of hydrogen-bond donors (Lipinski definition) is 1. The molecular weight excluding hydrogens is 681 g/mol. The quantitative estimate of drug-likeness (QED) is 0.0493. The molecule has 1 amide bonds. The van der Waals surface area contributed by atoms with Gasteiger partial charge >= 0.3 is 5.97 Å². The molecule has 0 bridgehead atoms. The van der Waals surface area contributed by atoms with Crippen molar-refractivity contribution in [2.45, 2.75) is 220 Å². The molecule has 0 spiro atoms. The molecule has 0 aliphatic carbocycles. The van der Waals surface area contributed by atoms with E-state index in [1.54, 1.807) is 0 Å². The summed E-state index contributed by atoms with van der Waals surface area (Å²) in [5.41, 5.74) is 0. The molecule has 1 aliphatic rings. The minimum absolute atomic E-state index is 0.0639. The highest BCUT2D eigenvalue weighted by atomic mass is 16.5. The molecule has 1 saturated heterocycles. The van der Waals surface area contributed by atoms with Crippen LogP contribution in [0.2, 0.25) is 0 Å². The molecule has 55 heavy (non-hydrogen) atoms. The third kappa shape index (κ3) is 32.5. The number of likely N-dealkylation sites (tertiary alicyclic amines) is 1. The Bertz CT molecular complexity index is 816. The zero-order valence-corrected chi connectivity index (χ0v) is 37.6. The van der Waals surface area contributed by atoms with Gasteiger partial charge in [0.15, 0.2) is 0 Å². The summed E-state index contributed by atoms with van der Waals surface area (Å²) in [7, 11) is 0. The van der Waals surface area contributed by atoms with Gasteiger partial charge in [-0.2, -0.15) is 0 Å². The molecule has 1 heterocycles. The van der Waals surface area contributed by atoms with Crippen molar-refractivity contribution in [3.05, 3.63) is 0 Å². The summed E-state index contributed by atoms with van der Waals surface area (Å²) in [5, 5.41) is 3.67. The van der Waals surface area contributed by atoms with Crippen LogP contribution in [0.4, 0.5) is 0 Å². The van der Waals surface area contributed by atoms with Gasteiger partial charge in [-0.05, 0) is 70.6 Å². The zero-order chi connectivity index (χ0) is 39.9. The van der Waals surface area contributed by atoms with Crippen LogP contribution in [-0.2, 0) is 14.3 Å². The minimum atomic E-state index is -0.0639. The average molecular weight is 777 g/mol. The molecule has 1 aliphatic heterocycles. The van der Waals surface area contributed by atoms with Gasteiger partial charge in [-0.15, -0.1) is 0 Å². The maximum Gasteiger partial charge on any atom is 0.320 e. The van der Waals surface area contributed by atoms with Crippen molar-refractivity contribution in [2.24, 2.45) is 5.92 Å². The highest BCUT2D eigenvalue weighted by Crippen LogP contribution is 2.19. The lowest BCUT2D eigenvalue weighted by Gasteiger charge is -2.33. The number of hydrogen-bond acceptors (Lipinski definition) is 6. The Morgan fingerprint density at radius 3 is 1.31 bits per heavy atom. The Balaban J connectivity index is 2.45. The topological polar surface area (TPSA) is 65.1 Å². The van der Waals surface area contributed by atoms with Crippen LogP contribution in [0.15, 0.2) is 0 Å². The van der Waals surface area contributed by atoms with E-state index in [0.717, 1.165) is 65.2 Å². The number of amides is 1. The van der Waals surface area contributed by atoms with Crippen LogP contribution < -0.4 is 5.32 Å². The fourth-order valence-electron chi connectivity index (χ4n) is 8.07. The lowest BCUT2D eigenvalue weighted by molar-refractivity contribution is -0.147. The van der Waals surface area contributed by atoms with E-state index in [-0.39, 0.29) is 11.9 Å². The van der Waals surface area contributed by atoms with Gasteiger partial charge in [-0.25, -0.2) is 0 Å². The molecule has 0 aromatic rings. The van der Waals surface area contributed by atoms with Crippen LogP contribution in [0.5, 0.6) is 0 Å². The van der Waals surface area contributed by atoms with E-state index in [2.05, 4.69) is 47.7 Å². The minimum Gasteiger partial charge on any atom is -0.464 e. The van der Waals surface area contributed by atoms with Crippen molar-refractivity contribution in [2.75, 3.05) is 72.1 Å². The number of nitrogens with one attached hydrogen (secondary N) is 1. The second-order valence-electron chi connectivity index (χ2n) is 17.3. The molecule has 326 valence electrons. The summed E-state index contributed by atoms with van der Waals surface area (Å²) in [4.78, 5) is 33.4. The van der Waals surface area contributed by atoms with Gasteiger partial charge in [0.25, 0.3) is 0 Å². The van der Waals surface area contributed by atoms with Crippen LogP contribution in [0, 0.1) is 5.92 Å². The highest BCUT2D eigenvalue weighted by molar-refractivity contribution is 5.78. The summed E-state index contributed by atoms with van der Waals surface area (Å²) in [6.45, 7) is 18.1. The largest absolute Gasteiger partial charge is 0.464 e. The predicted molar refractivity (Wildman–Crippen MR) is 238 cm³/mol. The number of rotatable bonds is 41. The van der Waals surface area contributed by atoms with Crippen molar-refractivity contribution in [3.8, 4) is 0 Å². The number of ether oxygens (including phenoxy) is 1. The van der Waals surface area contributed by atoms with Gasteiger partial charge in [-0.1, -0.05) is 182 Å². The summed E-state index contributed by atoms with van der Waals surface area (Å²) in [6, 6.07) is 0. The maximum atomic E-state index is 13.5. The van der Waals surface area contributed by atoms with Crippen LogP contribution in [0.3, 0.4) is 0 Å². The standard InChI is InChI=1S/C48H96N4O3/c1-5-9-13-17-21-25-29-35-49-36-42-51(39-32-28-24-20-16-12-8-4)43-47(53)52-40-33-46(34-41-52)45-55-48(54)44-50(37-30-26-22-18-14-10-6-2)38-31-27-23-19-15-11-7-3/h46,49H,5-45H2,1-4H3. The number of carbonyl (C=O) groups excluding carboxylic acids is 2. The first-order chi connectivity index (χ1) is 27.0. The maximum absolute atomic E-state index is 13.5. The van der Waals surface area contributed by atoms with Crippen LogP contribution in [0.1, 0.15) is 220 Å². The molecule has 7 nitrogen and oxygen atoms in total. The lowest BCUT2D eigenvalue weighted by atomic mass is 9.98. The Labute approximate surface area is 343 Å². The molecule has 0 aromatic carbocycles. The Morgan fingerprint density at radius 2 is 0.873 bits per heavy atom. The fraction of sp³-hybridized carbons (Fsp3) is 0.958. The first-order valence-corrected chi connectivity index (χ1v) is 24.6. The SMILES string of the molecule is CCCCCCCCCNCCN(CCCCCCCCC)CC(=O)N1CCC(COC(=O)CN(CCCCCCCCC)CCCCCCCCC)CC1. The molecule has 0 unspecified atom stereocenters. The van der Waals surface area contributed by atoms with E-state index in [1.807, 2.05) is 0 Å². The van der Waals surface area contributed by atoms with E-state index in [0.29, 0.717) is 25.6 Å². The first kappa shape index (κ1) is 51.8. The van der Waals surface area contributed by atoms with Gasteiger partial charge in [0.2, 0.25) is 5.91 Å². The lowest BCUT2D eigenvalue weighted by Crippen LogP contribution is -2.46. The van der Waals surface area contributed by atoms with Crippen LogP contribution in [0.25, 0.3) is 0 Å². The van der Waals surface area contributed by atoms with Gasteiger partial charge in [-0.3, -0.25) is 19.4 Å². The normalized spacial score (nSPS) is 13.7.